The molecule has 64 valence electrons. The minimum absolute atomic E-state index is 0.519. The fraction of sp³-hybridized carbons (Fsp3) is 0.800. The Balaban J connectivity index is 2.30. The maximum absolute atomic E-state index is 5.29. The molecule has 0 aromatic heterocycles. The highest BCUT2D eigenvalue weighted by Crippen LogP contribution is 2.29. The van der Waals surface area contributed by atoms with Crippen LogP contribution in [0.2, 0.25) is 0 Å². The van der Waals surface area contributed by atoms with Gasteiger partial charge in [0, 0.05) is 7.11 Å². The molecular formula is C10H18O. The van der Waals surface area contributed by atoms with E-state index in [4.69, 9.17) is 4.74 Å². The van der Waals surface area contributed by atoms with E-state index in [1.165, 1.54) is 31.3 Å². The average molecular weight is 154 g/mol. The molecule has 1 saturated carbocycles. The lowest BCUT2D eigenvalue weighted by molar-refractivity contribution is 0.0614. The topological polar surface area (TPSA) is 9.23 Å². The maximum atomic E-state index is 5.29. The van der Waals surface area contributed by atoms with Gasteiger partial charge in [-0.3, -0.25) is 0 Å². The van der Waals surface area contributed by atoms with E-state index < -0.39 is 0 Å². The SMILES string of the molecule is C=C(C)C1CCC(OC)CC1. The second-order valence-corrected chi connectivity index (χ2v) is 3.56. The first-order chi connectivity index (χ1) is 5.24. The number of hydrogen-bond acceptors (Lipinski definition) is 1. The third-order valence-electron chi connectivity index (χ3n) is 2.70. The lowest BCUT2D eigenvalue weighted by Crippen LogP contribution is -2.20. The molecule has 1 heteroatoms. The lowest BCUT2D eigenvalue weighted by atomic mass is 9.83. The minimum Gasteiger partial charge on any atom is -0.381 e. The summed E-state index contributed by atoms with van der Waals surface area (Å²) in [5.41, 5.74) is 1.35. The number of methoxy groups -OCH3 is 1. The highest BCUT2D eigenvalue weighted by atomic mass is 16.5. The largest absolute Gasteiger partial charge is 0.381 e. The van der Waals surface area contributed by atoms with Gasteiger partial charge in [-0.2, -0.15) is 0 Å². The molecule has 0 amide bonds. The number of allylic oxidation sites excluding steroid dienone is 1. The zero-order valence-electron chi connectivity index (χ0n) is 7.60. The second-order valence-electron chi connectivity index (χ2n) is 3.56. The summed E-state index contributed by atoms with van der Waals surface area (Å²) in [6.07, 6.45) is 5.49. The van der Waals surface area contributed by atoms with Gasteiger partial charge in [-0.15, -0.1) is 0 Å². The number of hydrogen-bond donors (Lipinski definition) is 0. The van der Waals surface area contributed by atoms with Crippen molar-refractivity contribution in [1.29, 1.82) is 0 Å². The van der Waals surface area contributed by atoms with Gasteiger partial charge in [0.1, 0.15) is 0 Å². The van der Waals surface area contributed by atoms with Crippen LogP contribution in [0.5, 0.6) is 0 Å². The highest BCUT2D eigenvalue weighted by Gasteiger charge is 2.20. The van der Waals surface area contributed by atoms with Crippen LogP contribution in [0.3, 0.4) is 0 Å². The Hall–Kier alpha value is -0.300. The van der Waals surface area contributed by atoms with Crippen molar-refractivity contribution in [2.75, 3.05) is 7.11 Å². The van der Waals surface area contributed by atoms with Crippen LogP contribution in [0.4, 0.5) is 0 Å². The molecule has 1 aliphatic carbocycles. The quantitative estimate of drug-likeness (QED) is 0.556. The Morgan fingerprint density at radius 1 is 1.27 bits per heavy atom. The Bertz CT molecular complexity index is 132. The molecule has 1 aliphatic rings. The van der Waals surface area contributed by atoms with Gasteiger partial charge in [-0.25, -0.2) is 0 Å². The van der Waals surface area contributed by atoms with Crippen molar-refractivity contribution in [2.45, 2.75) is 38.7 Å². The third kappa shape index (κ3) is 2.33. The summed E-state index contributed by atoms with van der Waals surface area (Å²) >= 11 is 0. The van der Waals surface area contributed by atoms with Crippen molar-refractivity contribution >= 4 is 0 Å². The Morgan fingerprint density at radius 2 is 1.82 bits per heavy atom. The van der Waals surface area contributed by atoms with E-state index in [0.717, 1.165) is 5.92 Å². The zero-order valence-corrected chi connectivity index (χ0v) is 7.60. The molecule has 0 aliphatic heterocycles. The third-order valence-corrected chi connectivity index (χ3v) is 2.70. The van der Waals surface area contributed by atoms with Crippen molar-refractivity contribution in [2.24, 2.45) is 5.92 Å². The van der Waals surface area contributed by atoms with Crippen LogP contribution >= 0.6 is 0 Å². The summed E-state index contributed by atoms with van der Waals surface area (Å²) in [4.78, 5) is 0. The van der Waals surface area contributed by atoms with Crippen LogP contribution in [0.15, 0.2) is 12.2 Å². The molecule has 1 fully saturated rings. The zero-order chi connectivity index (χ0) is 8.27. The van der Waals surface area contributed by atoms with Gasteiger partial charge in [-0.05, 0) is 38.5 Å². The van der Waals surface area contributed by atoms with Crippen molar-refractivity contribution in [3.05, 3.63) is 12.2 Å². The van der Waals surface area contributed by atoms with Crippen LogP contribution < -0.4 is 0 Å². The molecule has 0 saturated heterocycles. The van der Waals surface area contributed by atoms with Gasteiger partial charge in [0.15, 0.2) is 0 Å². The number of rotatable bonds is 2. The van der Waals surface area contributed by atoms with E-state index in [9.17, 15) is 0 Å². The summed E-state index contributed by atoms with van der Waals surface area (Å²) in [5.74, 6) is 0.765. The predicted octanol–water partition coefficient (Wildman–Crippen LogP) is 2.77. The fourth-order valence-electron chi connectivity index (χ4n) is 1.79. The molecule has 0 aromatic carbocycles. The molecule has 0 unspecified atom stereocenters. The van der Waals surface area contributed by atoms with Crippen LogP contribution in [-0.2, 0) is 4.74 Å². The molecule has 0 radical (unpaired) electrons. The van der Waals surface area contributed by atoms with E-state index in [0.29, 0.717) is 6.10 Å². The first kappa shape index (κ1) is 8.79. The molecule has 0 N–H and O–H groups in total. The van der Waals surface area contributed by atoms with Crippen molar-refractivity contribution in [3.8, 4) is 0 Å². The van der Waals surface area contributed by atoms with Gasteiger partial charge in [0.05, 0.1) is 6.10 Å². The second kappa shape index (κ2) is 3.91. The van der Waals surface area contributed by atoms with E-state index in [1.54, 1.807) is 0 Å². The van der Waals surface area contributed by atoms with Crippen molar-refractivity contribution in [1.82, 2.24) is 0 Å². The normalized spacial score (nSPS) is 31.8. The Kier molecular flexibility index (Phi) is 3.13. The molecule has 1 rings (SSSR count). The van der Waals surface area contributed by atoms with E-state index in [-0.39, 0.29) is 0 Å². The smallest absolute Gasteiger partial charge is 0.0571 e. The maximum Gasteiger partial charge on any atom is 0.0571 e. The summed E-state index contributed by atoms with van der Waals surface area (Å²) in [5, 5.41) is 0. The first-order valence-electron chi connectivity index (χ1n) is 4.42. The van der Waals surface area contributed by atoms with E-state index in [1.807, 2.05) is 7.11 Å². The van der Waals surface area contributed by atoms with Crippen molar-refractivity contribution < 1.29 is 4.74 Å². The monoisotopic (exact) mass is 154 g/mol. The molecule has 0 bridgehead atoms. The Morgan fingerprint density at radius 3 is 2.18 bits per heavy atom. The summed E-state index contributed by atoms with van der Waals surface area (Å²) in [7, 11) is 1.81. The summed E-state index contributed by atoms with van der Waals surface area (Å²) in [6.45, 7) is 6.13. The lowest BCUT2D eigenvalue weighted by Gasteiger charge is -2.27. The molecule has 0 aromatic rings. The molecule has 1 nitrogen and oxygen atoms in total. The summed E-state index contributed by atoms with van der Waals surface area (Å²) < 4.78 is 5.29. The van der Waals surface area contributed by atoms with Gasteiger partial charge in [0.25, 0.3) is 0 Å². The van der Waals surface area contributed by atoms with Crippen LogP contribution in [0, 0.1) is 5.92 Å². The van der Waals surface area contributed by atoms with Crippen LogP contribution in [-0.4, -0.2) is 13.2 Å². The van der Waals surface area contributed by atoms with Gasteiger partial charge in [-0.1, -0.05) is 12.2 Å². The number of ether oxygens (including phenoxy) is 1. The standard InChI is InChI=1S/C10H18O/c1-8(2)9-4-6-10(11-3)7-5-9/h9-10H,1,4-7H2,2-3H3. The molecular weight excluding hydrogens is 136 g/mol. The average Bonchev–Trinajstić information content (AvgIpc) is 2.05. The van der Waals surface area contributed by atoms with E-state index in [2.05, 4.69) is 13.5 Å². The Labute approximate surface area is 69.4 Å². The highest BCUT2D eigenvalue weighted by molar-refractivity contribution is 4.98. The summed E-state index contributed by atoms with van der Waals surface area (Å²) in [6, 6.07) is 0. The minimum atomic E-state index is 0.519. The molecule has 11 heavy (non-hydrogen) atoms. The van der Waals surface area contributed by atoms with Crippen LogP contribution in [0.1, 0.15) is 32.6 Å². The molecule has 0 atom stereocenters. The van der Waals surface area contributed by atoms with Gasteiger partial charge >= 0.3 is 0 Å². The molecule has 0 heterocycles. The molecule has 0 spiro atoms. The van der Waals surface area contributed by atoms with Gasteiger partial charge < -0.3 is 4.74 Å². The first-order valence-corrected chi connectivity index (χ1v) is 4.42. The van der Waals surface area contributed by atoms with Gasteiger partial charge in [0.2, 0.25) is 0 Å². The fourth-order valence-corrected chi connectivity index (χ4v) is 1.79. The van der Waals surface area contributed by atoms with Crippen LogP contribution in [0.25, 0.3) is 0 Å². The van der Waals surface area contributed by atoms with E-state index >= 15 is 0 Å². The van der Waals surface area contributed by atoms with Crippen molar-refractivity contribution in [3.63, 3.8) is 0 Å². The predicted molar refractivity (Wildman–Crippen MR) is 47.6 cm³/mol.